The lowest BCUT2D eigenvalue weighted by Gasteiger charge is -1.60. The van der Waals surface area contributed by atoms with Gasteiger partial charge in [-0.15, -0.1) is 0 Å². The standard InChI is InChI=1S/C5H4N2S/c8-5-4-6-2-1-3-7-5/h1-4H. The SMILES string of the molecule is S=c1cncccn1. The Morgan fingerprint density at radius 1 is 1.38 bits per heavy atom. The van der Waals surface area contributed by atoms with Crippen LogP contribution in [0, 0.1) is 4.64 Å². The third kappa shape index (κ3) is 1.35. The lowest BCUT2D eigenvalue weighted by molar-refractivity contribution is 1.29. The van der Waals surface area contributed by atoms with Gasteiger partial charge in [0.2, 0.25) is 0 Å². The molecule has 1 aromatic heterocycles. The van der Waals surface area contributed by atoms with Crippen molar-refractivity contribution < 1.29 is 0 Å². The van der Waals surface area contributed by atoms with Crippen molar-refractivity contribution in [3.8, 4) is 0 Å². The van der Waals surface area contributed by atoms with Gasteiger partial charge in [-0.2, -0.15) is 0 Å². The molecule has 8 heavy (non-hydrogen) atoms. The van der Waals surface area contributed by atoms with E-state index < -0.39 is 0 Å². The van der Waals surface area contributed by atoms with E-state index in [2.05, 4.69) is 9.97 Å². The molecule has 0 spiro atoms. The van der Waals surface area contributed by atoms with Gasteiger partial charge in [-0.3, -0.25) is 4.98 Å². The molecular formula is C5H4N2S. The average Bonchev–Trinajstić information content (AvgIpc) is 1.94. The second kappa shape index (κ2) is 2.47. The molecule has 0 aliphatic carbocycles. The zero-order valence-electron chi connectivity index (χ0n) is 4.11. The van der Waals surface area contributed by atoms with E-state index in [1.807, 2.05) is 0 Å². The van der Waals surface area contributed by atoms with Crippen molar-refractivity contribution in [2.75, 3.05) is 0 Å². The van der Waals surface area contributed by atoms with Gasteiger partial charge in [0.1, 0.15) is 4.64 Å². The Hall–Kier alpha value is -0.830. The topological polar surface area (TPSA) is 25.8 Å². The van der Waals surface area contributed by atoms with Crippen LogP contribution in [-0.2, 0) is 0 Å². The fraction of sp³-hybridized carbons (Fsp3) is 0. The van der Waals surface area contributed by atoms with Crippen molar-refractivity contribution in [2.45, 2.75) is 0 Å². The van der Waals surface area contributed by atoms with Crippen LogP contribution in [-0.4, -0.2) is 9.97 Å². The van der Waals surface area contributed by atoms with Crippen LogP contribution in [0.3, 0.4) is 0 Å². The molecule has 0 radical (unpaired) electrons. The van der Waals surface area contributed by atoms with E-state index >= 15 is 0 Å². The minimum atomic E-state index is 0.523. The molecule has 1 aromatic rings. The predicted octanol–water partition coefficient (Wildman–Crippen LogP) is 1.21. The first-order valence-corrected chi connectivity index (χ1v) is 2.57. The molecule has 1 heterocycles. The highest BCUT2D eigenvalue weighted by molar-refractivity contribution is 7.71. The summed E-state index contributed by atoms with van der Waals surface area (Å²) in [7, 11) is 0. The first-order valence-electron chi connectivity index (χ1n) is 2.16. The fourth-order valence-corrected chi connectivity index (χ4v) is 0.467. The van der Waals surface area contributed by atoms with Crippen LogP contribution in [0.2, 0.25) is 0 Å². The molecule has 0 saturated carbocycles. The predicted molar refractivity (Wildman–Crippen MR) is 32.9 cm³/mol. The summed E-state index contributed by atoms with van der Waals surface area (Å²) in [5, 5.41) is 0. The van der Waals surface area contributed by atoms with Gasteiger partial charge in [-0.05, 0) is 6.07 Å². The lowest BCUT2D eigenvalue weighted by atomic mass is 10.7. The molecule has 0 amide bonds. The second-order valence-electron chi connectivity index (χ2n) is 1.24. The highest BCUT2D eigenvalue weighted by atomic mass is 32.1. The lowest BCUT2D eigenvalue weighted by Crippen LogP contribution is -1.58. The van der Waals surface area contributed by atoms with Gasteiger partial charge in [0, 0.05) is 12.4 Å². The van der Waals surface area contributed by atoms with Crippen LogP contribution in [0.15, 0.2) is 24.7 Å². The quantitative estimate of drug-likeness (QED) is 0.486. The van der Waals surface area contributed by atoms with E-state index in [9.17, 15) is 0 Å². The highest BCUT2D eigenvalue weighted by Crippen LogP contribution is 1.75. The molecule has 0 N–H and O–H groups in total. The molecule has 2 nitrogen and oxygen atoms in total. The van der Waals surface area contributed by atoms with Crippen LogP contribution < -0.4 is 0 Å². The summed E-state index contributed by atoms with van der Waals surface area (Å²) in [6.07, 6.45) is 4.80. The van der Waals surface area contributed by atoms with E-state index in [-0.39, 0.29) is 0 Å². The zero-order chi connectivity index (χ0) is 5.82. The largest absolute Gasteiger partial charge is 0.262 e. The Balaban J connectivity index is 3.32. The van der Waals surface area contributed by atoms with Crippen molar-refractivity contribution in [1.82, 2.24) is 9.97 Å². The molecule has 0 aliphatic heterocycles. The molecule has 0 saturated heterocycles. The average molecular weight is 124 g/mol. The maximum Gasteiger partial charge on any atom is 0.144 e. The molecular weight excluding hydrogens is 120 g/mol. The molecule has 40 valence electrons. The van der Waals surface area contributed by atoms with Gasteiger partial charge >= 0.3 is 0 Å². The van der Waals surface area contributed by atoms with E-state index in [4.69, 9.17) is 12.2 Å². The van der Waals surface area contributed by atoms with Crippen molar-refractivity contribution in [3.05, 3.63) is 29.3 Å². The minimum Gasteiger partial charge on any atom is -0.262 e. The zero-order valence-corrected chi connectivity index (χ0v) is 4.93. The van der Waals surface area contributed by atoms with Gasteiger partial charge in [-0.25, -0.2) is 4.98 Å². The Bertz CT molecular complexity index is 201. The third-order valence-corrected chi connectivity index (χ3v) is 0.856. The van der Waals surface area contributed by atoms with Crippen molar-refractivity contribution in [1.29, 1.82) is 0 Å². The second-order valence-corrected chi connectivity index (χ2v) is 1.65. The summed E-state index contributed by atoms with van der Waals surface area (Å²) in [5.74, 6) is 0. The molecule has 0 fully saturated rings. The van der Waals surface area contributed by atoms with E-state index in [0.717, 1.165) is 0 Å². The van der Waals surface area contributed by atoms with Gasteiger partial charge in [0.05, 0.1) is 6.20 Å². The van der Waals surface area contributed by atoms with Crippen LogP contribution in [0.4, 0.5) is 0 Å². The number of nitrogens with zero attached hydrogens (tertiary/aromatic N) is 2. The first kappa shape index (κ1) is 5.31. The molecule has 0 aromatic carbocycles. The Morgan fingerprint density at radius 2 is 2.25 bits per heavy atom. The summed E-state index contributed by atoms with van der Waals surface area (Å²) in [5.41, 5.74) is 0. The van der Waals surface area contributed by atoms with Crippen LogP contribution >= 0.6 is 12.2 Å². The van der Waals surface area contributed by atoms with Crippen LogP contribution in [0.1, 0.15) is 0 Å². The Labute approximate surface area is 52.2 Å². The summed E-state index contributed by atoms with van der Waals surface area (Å²) in [6, 6.07) is 1.73. The molecule has 0 atom stereocenters. The maximum absolute atomic E-state index is 4.71. The van der Waals surface area contributed by atoms with Crippen molar-refractivity contribution >= 4 is 12.2 Å². The summed E-state index contributed by atoms with van der Waals surface area (Å²) in [6.45, 7) is 0. The molecule has 3 heteroatoms. The minimum absolute atomic E-state index is 0.523. The van der Waals surface area contributed by atoms with Gasteiger partial charge in [0.15, 0.2) is 0 Å². The van der Waals surface area contributed by atoms with E-state index in [1.54, 1.807) is 18.5 Å². The van der Waals surface area contributed by atoms with Crippen LogP contribution in [0.25, 0.3) is 0 Å². The van der Waals surface area contributed by atoms with Gasteiger partial charge in [0.25, 0.3) is 0 Å². The number of hydrogen-bond acceptors (Lipinski definition) is 3. The molecule has 0 aliphatic rings. The third-order valence-electron chi connectivity index (χ3n) is 0.645. The van der Waals surface area contributed by atoms with Crippen molar-refractivity contribution in [3.63, 3.8) is 0 Å². The smallest absolute Gasteiger partial charge is 0.144 e. The van der Waals surface area contributed by atoms with Crippen LogP contribution in [0.5, 0.6) is 0 Å². The summed E-state index contributed by atoms with van der Waals surface area (Å²) >= 11 is 4.71. The van der Waals surface area contributed by atoms with E-state index in [0.29, 0.717) is 4.64 Å². The van der Waals surface area contributed by atoms with E-state index in [1.165, 1.54) is 6.20 Å². The molecule has 0 unspecified atom stereocenters. The first-order chi connectivity index (χ1) is 3.89. The van der Waals surface area contributed by atoms with Crippen molar-refractivity contribution in [2.24, 2.45) is 0 Å². The number of rotatable bonds is 0. The number of aromatic nitrogens is 2. The summed E-state index contributed by atoms with van der Waals surface area (Å²) in [4.78, 5) is 7.57. The molecule has 0 bridgehead atoms. The highest BCUT2D eigenvalue weighted by Gasteiger charge is 1.67. The molecule has 1 rings (SSSR count). The number of hydrogen-bond donors (Lipinski definition) is 0. The van der Waals surface area contributed by atoms with Gasteiger partial charge < -0.3 is 0 Å². The fourth-order valence-electron chi connectivity index (χ4n) is 0.345. The monoisotopic (exact) mass is 124 g/mol. The normalized spacial score (nSPS) is 8.50. The van der Waals surface area contributed by atoms with Gasteiger partial charge in [-0.1, -0.05) is 12.2 Å². The summed E-state index contributed by atoms with van der Waals surface area (Å²) < 4.78 is 0.523. The maximum atomic E-state index is 4.71. The Kier molecular flexibility index (Phi) is 1.64. The Morgan fingerprint density at radius 3 is 3.12 bits per heavy atom.